The third-order valence-corrected chi connectivity index (χ3v) is 6.70. The summed E-state index contributed by atoms with van der Waals surface area (Å²) in [6, 6.07) is 4.88. The molecule has 12 heteroatoms. The van der Waals surface area contributed by atoms with Crippen LogP contribution in [0, 0.1) is 5.82 Å². The second-order valence-electron chi connectivity index (χ2n) is 8.92. The second kappa shape index (κ2) is 8.62. The summed E-state index contributed by atoms with van der Waals surface area (Å²) in [4.78, 5) is 34.8. The van der Waals surface area contributed by atoms with E-state index in [1.54, 1.807) is 23.3 Å². The average Bonchev–Trinajstić information content (AvgIpc) is 3.51. The van der Waals surface area contributed by atoms with Crippen molar-refractivity contribution in [3.8, 4) is 5.69 Å². The number of rotatable bonds is 5. The van der Waals surface area contributed by atoms with Crippen LogP contribution in [0.15, 0.2) is 60.3 Å². The highest BCUT2D eigenvalue weighted by atomic mass is 19.1. The lowest BCUT2D eigenvalue weighted by Gasteiger charge is -2.45. The minimum atomic E-state index is -1.32. The zero-order valence-electron chi connectivity index (χ0n) is 18.9. The molecule has 1 aliphatic heterocycles. The maximum absolute atomic E-state index is 13.3. The Labute approximate surface area is 198 Å². The number of fused-ring (bicyclic) bond motifs is 1. The van der Waals surface area contributed by atoms with Gasteiger partial charge >= 0.3 is 6.09 Å². The Bertz CT molecular complexity index is 1420. The average molecular weight is 481 g/mol. The number of benzene rings is 1. The van der Waals surface area contributed by atoms with E-state index >= 15 is 0 Å². The summed E-state index contributed by atoms with van der Waals surface area (Å²) in [7, 11) is 0. The number of aliphatic hydroxyl groups is 1. The molecule has 4 heterocycles. The van der Waals surface area contributed by atoms with Gasteiger partial charge in [0, 0.05) is 25.4 Å². The number of nitrogens with zero attached hydrogens (tertiary/aromatic N) is 7. The molecule has 2 N–H and O–H groups in total. The van der Waals surface area contributed by atoms with Gasteiger partial charge in [-0.3, -0.25) is 9.36 Å². The Morgan fingerprint density at radius 3 is 2.74 bits per heavy atom. The third kappa shape index (κ3) is 4.16. The smallest absolute Gasteiger partial charge is 0.407 e. The number of hydrogen-bond acceptors (Lipinski definition) is 6. The van der Waals surface area contributed by atoms with E-state index in [1.807, 2.05) is 6.92 Å². The molecule has 3 aromatic heterocycles. The van der Waals surface area contributed by atoms with Crippen LogP contribution in [-0.4, -0.2) is 68.3 Å². The fourth-order valence-corrected chi connectivity index (χ4v) is 4.77. The second-order valence-corrected chi connectivity index (χ2v) is 8.92. The summed E-state index contributed by atoms with van der Waals surface area (Å²) in [5, 5.41) is 25.7. The van der Waals surface area contributed by atoms with Crippen molar-refractivity contribution in [1.82, 2.24) is 33.8 Å². The topological polar surface area (TPSA) is 131 Å². The summed E-state index contributed by atoms with van der Waals surface area (Å²) in [6.45, 7) is 1.96. The number of aromatic nitrogens is 6. The molecular weight excluding hydrogens is 457 g/mol. The lowest BCUT2D eigenvalue weighted by Crippen LogP contribution is -2.56. The molecule has 1 saturated heterocycles. The Kier molecular flexibility index (Phi) is 5.59. The summed E-state index contributed by atoms with van der Waals surface area (Å²) in [5.74, 6) is -0.386. The van der Waals surface area contributed by atoms with Crippen LogP contribution in [0.1, 0.15) is 25.8 Å². The molecule has 0 bridgehead atoms. The number of amides is 1. The quantitative estimate of drug-likeness (QED) is 0.446. The summed E-state index contributed by atoms with van der Waals surface area (Å²) in [6.07, 6.45) is 6.97. The SMILES string of the molecule is CC(C1CC(O)(Cn2cnc3c(cnn3-c3ccc(F)cc3)c2=O)CCN1C(=O)O)n1ccnc1. The van der Waals surface area contributed by atoms with Crippen molar-refractivity contribution < 1.29 is 19.4 Å². The summed E-state index contributed by atoms with van der Waals surface area (Å²) >= 11 is 0. The first kappa shape index (κ1) is 22.7. The maximum atomic E-state index is 13.3. The van der Waals surface area contributed by atoms with Crippen molar-refractivity contribution in [2.75, 3.05) is 6.54 Å². The molecule has 1 fully saturated rings. The third-order valence-electron chi connectivity index (χ3n) is 6.70. The maximum Gasteiger partial charge on any atom is 0.407 e. The van der Waals surface area contributed by atoms with E-state index in [-0.39, 0.29) is 48.7 Å². The van der Waals surface area contributed by atoms with Crippen molar-refractivity contribution in [2.24, 2.45) is 0 Å². The van der Waals surface area contributed by atoms with Crippen LogP contribution in [0.3, 0.4) is 0 Å². The zero-order chi connectivity index (χ0) is 24.7. The minimum absolute atomic E-state index is 0.0445. The van der Waals surface area contributed by atoms with E-state index in [0.29, 0.717) is 11.3 Å². The molecule has 0 saturated carbocycles. The molecule has 11 nitrogen and oxygen atoms in total. The van der Waals surface area contributed by atoms with Crippen molar-refractivity contribution in [3.05, 3.63) is 71.7 Å². The fourth-order valence-electron chi connectivity index (χ4n) is 4.77. The van der Waals surface area contributed by atoms with Crippen LogP contribution in [0.5, 0.6) is 0 Å². The van der Waals surface area contributed by atoms with E-state index in [4.69, 9.17) is 0 Å². The van der Waals surface area contributed by atoms with Crippen molar-refractivity contribution >= 4 is 17.1 Å². The van der Waals surface area contributed by atoms with E-state index < -0.39 is 17.7 Å². The van der Waals surface area contributed by atoms with E-state index in [2.05, 4.69) is 15.1 Å². The normalized spacial score (nSPS) is 21.3. The zero-order valence-corrected chi connectivity index (χ0v) is 18.9. The van der Waals surface area contributed by atoms with Crippen molar-refractivity contribution in [3.63, 3.8) is 0 Å². The predicted octanol–water partition coefficient (Wildman–Crippen LogP) is 2.05. The number of imidazole rings is 1. The number of halogens is 1. The van der Waals surface area contributed by atoms with Gasteiger partial charge in [0.1, 0.15) is 17.5 Å². The number of likely N-dealkylation sites (tertiary alicyclic amines) is 1. The highest BCUT2D eigenvalue weighted by molar-refractivity contribution is 5.74. The Morgan fingerprint density at radius 1 is 1.29 bits per heavy atom. The molecule has 182 valence electrons. The monoisotopic (exact) mass is 481 g/mol. The van der Waals surface area contributed by atoms with Crippen LogP contribution in [0.25, 0.3) is 16.7 Å². The van der Waals surface area contributed by atoms with Crippen molar-refractivity contribution in [2.45, 2.75) is 44.0 Å². The van der Waals surface area contributed by atoms with Gasteiger partial charge in [-0.1, -0.05) is 0 Å². The first-order valence-electron chi connectivity index (χ1n) is 11.1. The highest BCUT2D eigenvalue weighted by Crippen LogP contribution is 2.34. The lowest BCUT2D eigenvalue weighted by molar-refractivity contribution is -0.0607. The Balaban J connectivity index is 1.43. The van der Waals surface area contributed by atoms with Gasteiger partial charge in [-0.25, -0.2) is 23.8 Å². The Morgan fingerprint density at radius 2 is 2.06 bits per heavy atom. The van der Waals surface area contributed by atoms with Crippen LogP contribution in [-0.2, 0) is 6.54 Å². The molecule has 0 radical (unpaired) electrons. The molecule has 4 aromatic rings. The molecule has 5 rings (SSSR count). The predicted molar refractivity (Wildman–Crippen MR) is 123 cm³/mol. The van der Waals surface area contributed by atoms with Crippen LogP contribution >= 0.6 is 0 Å². The van der Waals surface area contributed by atoms with Crippen molar-refractivity contribution in [1.29, 1.82) is 0 Å². The molecule has 3 unspecified atom stereocenters. The summed E-state index contributed by atoms with van der Waals surface area (Å²) < 4.78 is 17.9. The van der Waals surface area contributed by atoms with Crippen LogP contribution in [0.4, 0.5) is 9.18 Å². The molecule has 0 spiro atoms. The first-order valence-corrected chi connectivity index (χ1v) is 11.1. The van der Waals surface area contributed by atoms with E-state index in [1.165, 1.54) is 50.9 Å². The van der Waals surface area contributed by atoms with Gasteiger partial charge in [0.25, 0.3) is 5.56 Å². The molecule has 35 heavy (non-hydrogen) atoms. The van der Waals surface area contributed by atoms with Gasteiger partial charge in [0.2, 0.25) is 0 Å². The van der Waals surface area contributed by atoms with Gasteiger partial charge in [-0.15, -0.1) is 0 Å². The lowest BCUT2D eigenvalue weighted by atomic mass is 9.83. The standard InChI is InChI=1S/C23H24FN7O4/c1-15(28-9-7-25-13-28)19-10-23(35,6-8-30(19)22(33)34)12-29-14-26-20-18(21(29)32)11-27-31(20)17-4-2-16(24)3-5-17/h2-5,7,9,11,13-15,19,35H,6,8,10,12H2,1H3,(H,33,34). The molecule has 0 aliphatic carbocycles. The van der Waals surface area contributed by atoms with Gasteiger partial charge in [-0.2, -0.15) is 5.10 Å². The number of hydrogen-bond donors (Lipinski definition) is 2. The molecule has 3 atom stereocenters. The van der Waals surface area contributed by atoms with Gasteiger partial charge in [0.15, 0.2) is 5.65 Å². The molecule has 1 aliphatic rings. The highest BCUT2D eigenvalue weighted by Gasteiger charge is 2.43. The van der Waals surface area contributed by atoms with Crippen LogP contribution < -0.4 is 5.56 Å². The molecule has 1 aromatic carbocycles. The molecular formula is C23H24FN7O4. The minimum Gasteiger partial charge on any atom is -0.465 e. The molecule has 1 amide bonds. The Hall–Kier alpha value is -4.06. The van der Waals surface area contributed by atoms with E-state index in [9.17, 15) is 24.2 Å². The van der Waals surface area contributed by atoms with Crippen LogP contribution in [0.2, 0.25) is 0 Å². The number of piperidine rings is 1. The van der Waals surface area contributed by atoms with E-state index in [0.717, 1.165) is 0 Å². The summed E-state index contributed by atoms with van der Waals surface area (Å²) in [5.41, 5.74) is -0.826. The van der Waals surface area contributed by atoms with Gasteiger partial charge in [-0.05, 0) is 37.6 Å². The van der Waals surface area contributed by atoms with Gasteiger partial charge in [0.05, 0.1) is 42.4 Å². The fraction of sp³-hybridized carbons (Fsp3) is 0.348. The first-order chi connectivity index (χ1) is 16.8. The largest absolute Gasteiger partial charge is 0.465 e. The number of carbonyl (C=O) groups is 1. The number of carboxylic acid groups (broad SMARTS) is 1. The van der Waals surface area contributed by atoms with Gasteiger partial charge < -0.3 is 19.7 Å².